The highest BCUT2D eigenvalue weighted by molar-refractivity contribution is 6.34. The Hall–Kier alpha value is -3.39. The van der Waals surface area contributed by atoms with E-state index in [1.807, 2.05) is 48.5 Å². The lowest BCUT2D eigenvalue weighted by molar-refractivity contribution is -0.155. The monoisotopic (exact) mass is 435 g/mol. The molecule has 32 heavy (non-hydrogen) atoms. The standard InChI is InChI=1S/C24H25N3O5/c28-22(21-17-5-1-3-7-19(17)32-20-8-4-2-6-18(20)21)25-9-11-26(12-10-25)23(29)24(30)27-13-15-31-16-14-27/h1-8,21H,9-16H2. The summed E-state index contributed by atoms with van der Waals surface area (Å²) in [6.07, 6.45) is 0. The van der Waals surface area contributed by atoms with Gasteiger partial charge in [0.1, 0.15) is 11.5 Å². The van der Waals surface area contributed by atoms with E-state index in [0.29, 0.717) is 64.0 Å². The molecule has 0 aliphatic carbocycles. The van der Waals surface area contributed by atoms with Crippen molar-refractivity contribution < 1.29 is 23.9 Å². The zero-order valence-electron chi connectivity index (χ0n) is 17.7. The van der Waals surface area contributed by atoms with Gasteiger partial charge in [-0.25, -0.2) is 0 Å². The second-order valence-corrected chi connectivity index (χ2v) is 8.13. The number of nitrogens with zero attached hydrogens (tertiary/aromatic N) is 3. The van der Waals surface area contributed by atoms with Gasteiger partial charge in [0.2, 0.25) is 5.91 Å². The van der Waals surface area contributed by atoms with Crippen molar-refractivity contribution in [3.63, 3.8) is 0 Å². The molecule has 0 N–H and O–H groups in total. The van der Waals surface area contributed by atoms with Crippen molar-refractivity contribution in [2.24, 2.45) is 0 Å². The molecule has 0 unspecified atom stereocenters. The van der Waals surface area contributed by atoms with Crippen molar-refractivity contribution in [1.82, 2.24) is 14.7 Å². The number of morpholine rings is 1. The summed E-state index contributed by atoms with van der Waals surface area (Å²) in [5.41, 5.74) is 1.69. The number of piperazine rings is 1. The third-order valence-corrected chi connectivity index (χ3v) is 6.29. The van der Waals surface area contributed by atoms with Gasteiger partial charge in [-0.3, -0.25) is 14.4 Å². The van der Waals surface area contributed by atoms with Gasteiger partial charge >= 0.3 is 11.8 Å². The van der Waals surface area contributed by atoms with E-state index in [4.69, 9.17) is 9.47 Å². The number of benzene rings is 2. The van der Waals surface area contributed by atoms with Crippen LogP contribution in [0.25, 0.3) is 0 Å². The van der Waals surface area contributed by atoms with Crippen molar-refractivity contribution in [3.05, 3.63) is 59.7 Å². The first-order valence-corrected chi connectivity index (χ1v) is 10.9. The molecule has 3 amide bonds. The number of para-hydroxylation sites is 2. The Morgan fingerprint density at radius 2 is 1.12 bits per heavy atom. The topological polar surface area (TPSA) is 79.4 Å². The van der Waals surface area contributed by atoms with E-state index in [2.05, 4.69) is 0 Å². The molecule has 2 fully saturated rings. The zero-order valence-corrected chi connectivity index (χ0v) is 17.7. The number of rotatable bonds is 1. The molecule has 2 aromatic carbocycles. The van der Waals surface area contributed by atoms with Gasteiger partial charge in [0.25, 0.3) is 0 Å². The molecule has 0 spiro atoms. The van der Waals surface area contributed by atoms with Crippen molar-refractivity contribution in [3.8, 4) is 11.5 Å². The molecular formula is C24H25N3O5. The molecule has 3 heterocycles. The fraction of sp³-hybridized carbons (Fsp3) is 0.375. The lowest BCUT2D eigenvalue weighted by Crippen LogP contribution is -2.56. The number of carbonyl (C=O) groups is 3. The van der Waals surface area contributed by atoms with Gasteiger partial charge in [-0.05, 0) is 12.1 Å². The molecule has 8 nitrogen and oxygen atoms in total. The minimum absolute atomic E-state index is 0.0141. The number of fused-ring (bicyclic) bond motifs is 2. The number of hydrogen-bond acceptors (Lipinski definition) is 5. The first-order valence-electron chi connectivity index (χ1n) is 10.9. The van der Waals surface area contributed by atoms with Gasteiger partial charge in [0.15, 0.2) is 0 Å². The molecule has 0 atom stereocenters. The van der Waals surface area contributed by atoms with Crippen molar-refractivity contribution >= 4 is 17.7 Å². The summed E-state index contributed by atoms with van der Waals surface area (Å²) >= 11 is 0. The highest BCUT2D eigenvalue weighted by Crippen LogP contribution is 2.44. The van der Waals surface area contributed by atoms with E-state index in [1.54, 1.807) is 14.7 Å². The Morgan fingerprint density at radius 1 is 0.656 bits per heavy atom. The predicted octanol–water partition coefficient (Wildman–Crippen LogP) is 1.45. The first kappa shape index (κ1) is 20.5. The Balaban J connectivity index is 1.29. The van der Waals surface area contributed by atoms with Gasteiger partial charge in [-0.2, -0.15) is 0 Å². The SMILES string of the molecule is O=C(C(=O)N1CCN(C(=O)C2c3ccccc3Oc3ccccc32)CC1)N1CCOCC1. The van der Waals surface area contributed by atoms with Gasteiger partial charge in [0, 0.05) is 50.4 Å². The third kappa shape index (κ3) is 3.71. The van der Waals surface area contributed by atoms with Crippen LogP contribution in [0.2, 0.25) is 0 Å². The maximum atomic E-state index is 13.6. The summed E-state index contributed by atoms with van der Waals surface area (Å²) in [6, 6.07) is 15.2. The zero-order chi connectivity index (χ0) is 22.1. The van der Waals surface area contributed by atoms with E-state index >= 15 is 0 Å². The second-order valence-electron chi connectivity index (χ2n) is 8.13. The molecule has 0 bridgehead atoms. The minimum Gasteiger partial charge on any atom is -0.457 e. The van der Waals surface area contributed by atoms with Crippen molar-refractivity contribution in [2.75, 3.05) is 52.5 Å². The van der Waals surface area contributed by atoms with Crippen LogP contribution in [0.15, 0.2) is 48.5 Å². The molecule has 3 aliphatic rings. The van der Waals surface area contributed by atoms with E-state index in [-0.39, 0.29) is 5.91 Å². The Kier molecular flexibility index (Phi) is 5.53. The first-order chi connectivity index (χ1) is 15.6. The molecule has 166 valence electrons. The van der Waals surface area contributed by atoms with Crippen molar-refractivity contribution in [2.45, 2.75) is 5.92 Å². The number of amides is 3. The molecule has 2 saturated heterocycles. The summed E-state index contributed by atoms with van der Waals surface area (Å²) in [6.45, 7) is 3.24. The smallest absolute Gasteiger partial charge is 0.312 e. The predicted molar refractivity (Wildman–Crippen MR) is 115 cm³/mol. The van der Waals surface area contributed by atoms with Crippen LogP contribution in [0.4, 0.5) is 0 Å². The summed E-state index contributed by atoms with van der Waals surface area (Å²) in [7, 11) is 0. The largest absolute Gasteiger partial charge is 0.457 e. The molecule has 0 radical (unpaired) electrons. The number of ether oxygens (including phenoxy) is 2. The summed E-state index contributed by atoms with van der Waals surface area (Å²) < 4.78 is 11.3. The molecule has 5 rings (SSSR count). The highest BCUT2D eigenvalue weighted by Gasteiger charge is 2.37. The number of hydrogen-bond donors (Lipinski definition) is 0. The second kappa shape index (κ2) is 8.63. The van der Waals surface area contributed by atoms with Crippen LogP contribution in [0.5, 0.6) is 11.5 Å². The third-order valence-electron chi connectivity index (χ3n) is 6.29. The van der Waals surface area contributed by atoms with Crippen LogP contribution in [0.1, 0.15) is 17.0 Å². The lowest BCUT2D eigenvalue weighted by Gasteiger charge is -2.38. The molecular weight excluding hydrogens is 410 g/mol. The molecule has 8 heteroatoms. The van der Waals surface area contributed by atoms with Crippen LogP contribution in [-0.2, 0) is 19.1 Å². The molecule has 3 aliphatic heterocycles. The minimum atomic E-state index is -0.499. The van der Waals surface area contributed by atoms with Crippen LogP contribution < -0.4 is 4.74 Å². The normalized spacial score (nSPS) is 18.4. The Morgan fingerprint density at radius 3 is 1.69 bits per heavy atom. The Labute approximate surface area is 186 Å². The summed E-state index contributed by atoms with van der Waals surface area (Å²) in [5.74, 6) is -0.0711. The van der Waals surface area contributed by atoms with Gasteiger partial charge in [0.05, 0.1) is 19.1 Å². The van der Waals surface area contributed by atoms with E-state index in [1.165, 1.54) is 0 Å². The fourth-order valence-corrected chi connectivity index (χ4v) is 4.53. The van der Waals surface area contributed by atoms with Gasteiger partial charge in [-0.15, -0.1) is 0 Å². The highest BCUT2D eigenvalue weighted by atomic mass is 16.5. The fourth-order valence-electron chi connectivity index (χ4n) is 4.53. The average Bonchev–Trinajstić information content (AvgIpc) is 2.86. The van der Waals surface area contributed by atoms with Crippen LogP contribution in [0.3, 0.4) is 0 Å². The van der Waals surface area contributed by atoms with Crippen molar-refractivity contribution in [1.29, 1.82) is 0 Å². The van der Waals surface area contributed by atoms with Crippen LogP contribution in [-0.4, -0.2) is 84.9 Å². The summed E-state index contributed by atoms with van der Waals surface area (Å²) in [4.78, 5) is 43.7. The van der Waals surface area contributed by atoms with Gasteiger partial charge < -0.3 is 24.2 Å². The maximum Gasteiger partial charge on any atom is 0.312 e. The summed E-state index contributed by atoms with van der Waals surface area (Å²) in [5, 5.41) is 0. The number of carbonyl (C=O) groups excluding carboxylic acids is 3. The van der Waals surface area contributed by atoms with Crippen LogP contribution >= 0.6 is 0 Å². The maximum absolute atomic E-state index is 13.6. The average molecular weight is 435 g/mol. The van der Waals surface area contributed by atoms with E-state index in [0.717, 1.165) is 11.1 Å². The van der Waals surface area contributed by atoms with E-state index in [9.17, 15) is 14.4 Å². The van der Waals surface area contributed by atoms with E-state index < -0.39 is 17.7 Å². The molecule has 0 aromatic heterocycles. The Bertz CT molecular complexity index is 996. The molecule has 2 aromatic rings. The quantitative estimate of drug-likeness (QED) is 0.634. The van der Waals surface area contributed by atoms with Gasteiger partial charge in [-0.1, -0.05) is 36.4 Å². The molecule has 0 saturated carbocycles. The van der Waals surface area contributed by atoms with Crippen LogP contribution in [0, 0.1) is 0 Å². The lowest BCUT2D eigenvalue weighted by atomic mass is 9.86.